The van der Waals surface area contributed by atoms with Gasteiger partial charge in [0.2, 0.25) is 0 Å². The normalized spacial score (nSPS) is 11.0. The van der Waals surface area contributed by atoms with Crippen LogP contribution < -0.4 is 10.0 Å². The van der Waals surface area contributed by atoms with Gasteiger partial charge in [0.1, 0.15) is 0 Å². The molecule has 0 atom stereocenters. The molecule has 0 aliphatic heterocycles. The summed E-state index contributed by atoms with van der Waals surface area (Å²) >= 11 is 6.14. The van der Waals surface area contributed by atoms with E-state index in [4.69, 9.17) is 11.6 Å². The Balaban J connectivity index is 1.86. The molecule has 7 nitrogen and oxygen atoms in total. The zero-order valence-corrected chi connectivity index (χ0v) is 19.2. The number of carbonyl (C=O) groups is 2. The quantitative estimate of drug-likeness (QED) is 0.502. The number of benzene rings is 3. The fourth-order valence-electron chi connectivity index (χ4n) is 2.85. The number of anilines is 2. The number of ether oxygens (including phenoxy) is 1. The molecule has 0 heterocycles. The van der Waals surface area contributed by atoms with Crippen LogP contribution in [0.3, 0.4) is 0 Å². The van der Waals surface area contributed by atoms with Crippen LogP contribution in [0.1, 0.15) is 31.8 Å². The van der Waals surface area contributed by atoms with Crippen LogP contribution >= 0.6 is 11.6 Å². The molecule has 0 saturated carbocycles. The van der Waals surface area contributed by atoms with Crippen molar-refractivity contribution in [1.29, 1.82) is 0 Å². The zero-order valence-electron chi connectivity index (χ0n) is 17.6. The van der Waals surface area contributed by atoms with Gasteiger partial charge in [0, 0.05) is 5.56 Å². The number of hydrogen-bond donors (Lipinski definition) is 2. The third-order valence-corrected chi connectivity index (χ3v) is 6.42. The summed E-state index contributed by atoms with van der Waals surface area (Å²) in [5, 5.41) is 2.87. The van der Waals surface area contributed by atoms with Crippen molar-refractivity contribution < 1.29 is 22.7 Å². The van der Waals surface area contributed by atoms with Crippen LogP contribution in [-0.4, -0.2) is 27.4 Å². The summed E-state index contributed by atoms with van der Waals surface area (Å²) in [6.07, 6.45) is 0. The van der Waals surface area contributed by atoms with E-state index in [0.717, 1.165) is 5.56 Å². The molecule has 166 valence electrons. The SMILES string of the molecule is COC(=O)c1ccc(Cl)c(NC(=O)c2ccc(C)c(NS(=O)(=O)c3ccc(C)cc3)c2)c1. The minimum atomic E-state index is -3.83. The van der Waals surface area contributed by atoms with Crippen LogP contribution in [0.15, 0.2) is 65.6 Å². The van der Waals surface area contributed by atoms with E-state index in [1.807, 2.05) is 6.92 Å². The third kappa shape index (κ3) is 5.27. The molecule has 2 N–H and O–H groups in total. The molecule has 0 radical (unpaired) electrons. The van der Waals surface area contributed by atoms with Gasteiger partial charge in [-0.25, -0.2) is 13.2 Å². The fraction of sp³-hybridized carbons (Fsp3) is 0.130. The van der Waals surface area contributed by atoms with Crippen LogP contribution in [0.5, 0.6) is 0 Å². The Morgan fingerprint density at radius 3 is 2.16 bits per heavy atom. The lowest BCUT2D eigenvalue weighted by atomic mass is 10.1. The number of esters is 1. The number of amides is 1. The number of sulfonamides is 1. The van der Waals surface area contributed by atoms with Crippen molar-refractivity contribution in [3.8, 4) is 0 Å². The van der Waals surface area contributed by atoms with Crippen LogP contribution in [0, 0.1) is 13.8 Å². The van der Waals surface area contributed by atoms with Crippen LogP contribution in [-0.2, 0) is 14.8 Å². The molecule has 0 spiro atoms. The fourth-order valence-corrected chi connectivity index (χ4v) is 4.14. The molecule has 0 aliphatic carbocycles. The highest BCUT2D eigenvalue weighted by Gasteiger charge is 2.18. The number of halogens is 1. The minimum absolute atomic E-state index is 0.115. The molecule has 32 heavy (non-hydrogen) atoms. The topological polar surface area (TPSA) is 102 Å². The van der Waals surface area contributed by atoms with Gasteiger partial charge in [0.25, 0.3) is 15.9 Å². The summed E-state index contributed by atoms with van der Waals surface area (Å²) in [4.78, 5) is 24.6. The highest BCUT2D eigenvalue weighted by molar-refractivity contribution is 7.92. The summed E-state index contributed by atoms with van der Waals surface area (Å²) in [5.41, 5.74) is 2.51. The van der Waals surface area contributed by atoms with Crippen LogP contribution in [0.25, 0.3) is 0 Å². The Labute approximate surface area is 191 Å². The maximum atomic E-state index is 12.8. The molecule has 3 aromatic rings. The molecule has 0 bridgehead atoms. The average Bonchev–Trinajstić information content (AvgIpc) is 2.76. The van der Waals surface area contributed by atoms with E-state index in [2.05, 4.69) is 14.8 Å². The number of carbonyl (C=O) groups excluding carboxylic acids is 2. The van der Waals surface area contributed by atoms with E-state index in [1.54, 1.807) is 31.2 Å². The Morgan fingerprint density at radius 1 is 0.875 bits per heavy atom. The summed E-state index contributed by atoms with van der Waals surface area (Å²) < 4.78 is 32.7. The summed E-state index contributed by atoms with van der Waals surface area (Å²) in [5.74, 6) is -1.09. The van der Waals surface area contributed by atoms with E-state index in [0.29, 0.717) is 5.56 Å². The molecule has 0 unspecified atom stereocenters. The maximum absolute atomic E-state index is 12.8. The smallest absolute Gasteiger partial charge is 0.337 e. The Bertz CT molecular complexity index is 1290. The molecular formula is C23H21ClN2O5S. The number of nitrogens with one attached hydrogen (secondary N) is 2. The monoisotopic (exact) mass is 472 g/mol. The van der Waals surface area contributed by atoms with Gasteiger partial charge in [-0.3, -0.25) is 9.52 Å². The predicted molar refractivity (Wildman–Crippen MR) is 124 cm³/mol. The first-order chi connectivity index (χ1) is 15.1. The van der Waals surface area contributed by atoms with E-state index in [1.165, 1.54) is 43.5 Å². The van der Waals surface area contributed by atoms with Gasteiger partial charge in [-0.2, -0.15) is 0 Å². The first-order valence-electron chi connectivity index (χ1n) is 9.50. The van der Waals surface area contributed by atoms with E-state index >= 15 is 0 Å². The van der Waals surface area contributed by atoms with E-state index < -0.39 is 21.9 Å². The van der Waals surface area contributed by atoms with Gasteiger partial charge in [0.15, 0.2) is 0 Å². The average molecular weight is 473 g/mol. The maximum Gasteiger partial charge on any atom is 0.337 e. The van der Waals surface area contributed by atoms with Crippen molar-refractivity contribution in [3.63, 3.8) is 0 Å². The predicted octanol–water partition coefficient (Wildman–Crippen LogP) is 4.80. The zero-order chi connectivity index (χ0) is 23.5. The summed E-state index contributed by atoms with van der Waals surface area (Å²) in [6.45, 7) is 3.59. The standard InChI is InChI=1S/C23H21ClN2O5S/c1-14-4-9-18(10-5-14)32(29,30)26-20-12-16(7-6-15(20)2)22(27)25-21-13-17(23(28)31-3)8-11-19(21)24/h4-13,26H,1-3H3,(H,25,27). The third-order valence-electron chi connectivity index (χ3n) is 4.71. The van der Waals surface area contributed by atoms with Crippen molar-refractivity contribution in [2.75, 3.05) is 17.1 Å². The molecular weight excluding hydrogens is 452 g/mol. The first kappa shape index (κ1) is 23.3. The molecule has 1 amide bonds. The van der Waals surface area contributed by atoms with Gasteiger partial charge in [-0.1, -0.05) is 35.4 Å². The van der Waals surface area contributed by atoms with Crippen molar-refractivity contribution in [3.05, 3.63) is 87.9 Å². The lowest BCUT2D eigenvalue weighted by Gasteiger charge is -2.13. The highest BCUT2D eigenvalue weighted by atomic mass is 35.5. The highest BCUT2D eigenvalue weighted by Crippen LogP contribution is 2.26. The second-order valence-electron chi connectivity index (χ2n) is 7.09. The Hall–Kier alpha value is -3.36. The molecule has 9 heteroatoms. The summed E-state index contributed by atoms with van der Waals surface area (Å²) in [7, 11) is -2.58. The van der Waals surface area contributed by atoms with Gasteiger partial charge >= 0.3 is 5.97 Å². The summed E-state index contributed by atoms with van der Waals surface area (Å²) in [6, 6.07) is 15.4. The molecule has 0 aromatic heterocycles. The van der Waals surface area contributed by atoms with Gasteiger partial charge in [-0.15, -0.1) is 0 Å². The second kappa shape index (κ2) is 9.42. The van der Waals surface area contributed by atoms with Crippen molar-refractivity contribution in [2.24, 2.45) is 0 Å². The molecule has 3 aromatic carbocycles. The van der Waals surface area contributed by atoms with Crippen molar-refractivity contribution >= 4 is 44.9 Å². The largest absolute Gasteiger partial charge is 0.465 e. The van der Waals surface area contributed by atoms with Gasteiger partial charge in [0.05, 0.1) is 34.0 Å². The number of methoxy groups -OCH3 is 1. The molecule has 0 fully saturated rings. The van der Waals surface area contributed by atoms with E-state index in [9.17, 15) is 18.0 Å². The van der Waals surface area contributed by atoms with Crippen LogP contribution in [0.4, 0.5) is 11.4 Å². The molecule has 0 saturated heterocycles. The molecule has 0 aliphatic rings. The second-order valence-corrected chi connectivity index (χ2v) is 9.18. The minimum Gasteiger partial charge on any atom is -0.465 e. The number of hydrogen-bond acceptors (Lipinski definition) is 5. The lowest BCUT2D eigenvalue weighted by molar-refractivity contribution is 0.0600. The van der Waals surface area contributed by atoms with Crippen LogP contribution in [0.2, 0.25) is 5.02 Å². The number of aryl methyl sites for hydroxylation is 2. The van der Waals surface area contributed by atoms with Crippen molar-refractivity contribution in [1.82, 2.24) is 0 Å². The van der Waals surface area contributed by atoms with E-state index in [-0.39, 0.29) is 32.4 Å². The lowest BCUT2D eigenvalue weighted by Crippen LogP contribution is -2.16. The first-order valence-corrected chi connectivity index (χ1v) is 11.4. The molecule has 3 rings (SSSR count). The van der Waals surface area contributed by atoms with Gasteiger partial charge < -0.3 is 10.1 Å². The Morgan fingerprint density at radius 2 is 1.50 bits per heavy atom. The number of rotatable bonds is 6. The Kier molecular flexibility index (Phi) is 6.86. The van der Waals surface area contributed by atoms with Crippen molar-refractivity contribution in [2.45, 2.75) is 18.7 Å². The van der Waals surface area contributed by atoms with Gasteiger partial charge in [-0.05, 0) is 61.9 Å².